The Bertz CT molecular complexity index is 458. The first kappa shape index (κ1) is 15.9. The lowest BCUT2D eigenvalue weighted by Crippen LogP contribution is -2.44. The van der Waals surface area contributed by atoms with Crippen LogP contribution in [0.25, 0.3) is 0 Å². The molecule has 0 spiro atoms. The fraction of sp³-hybridized carbons (Fsp3) is 1.00. The Balaban J connectivity index is 2.64. The highest BCUT2D eigenvalue weighted by atomic mass is 32.2. The van der Waals surface area contributed by atoms with E-state index in [0.717, 1.165) is 12.8 Å². The molecule has 1 fully saturated rings. The predicted octanol–water partition coefficient (Wildman–Crippen LogP) is -0.390. The van der Waals surface area contributed by atoms with Crippen LogP contribution in [-0.4, -0.2) is 46.2 Å². The molecule has 0 aliphatic carbocycles. The Morgan fingerprint density at radius 1 is 1.44 bits per heavy atom. The van der Waals surface area contributed by atoms with Gasteiger partial charge < -0.3 is 5.73 Å². The van der Waals surface area contributed by atoms with Gasteiger partial charge in [0, 0.05) is 12.6 Å². The van der Waals surface area contributed by atoms with Crippen molar-refractivity contribution >= 4 is 19.9 Å². The first-order valence-electron chi connectivity index (χ1n) is 6.22. The number of unbranched alkanes of at least 4 members (excludes halogenated alkanes) is 1. The third kappa shape index (κ3) is 4.49. The van der Waals surface area contributed by atoms with Crippen LogP contribution in [0.1, 0.15) is 32.6 Å². The van der Waals surface area contributed by atoms with Crippen LogP contribution in [0.4, 0.5) is 0 Å². The van der Waals surface area contributed by atoms with Crippen molar-refractivity contribution in [2.24, 2.45) is 5.73 Å². The van der Waals surface area contributed by atoms with Gasteiger partial charge in [0.15, 0.2) is 9.84 Å². The third-order valence-corrected chi connectivity index (χ3v) is 7.07. The Morgan fingerprint density at radius 3 is 2.56 bits per heavy atom. The van der Waals surface area contributed by atoms with Gasteiger partial charge in [-0.3, -0.25) is 0 Å². The Morgan fingerprint density at radius 2 is 2.11 bits per heavy atom. The van der Waals surface area contributed by atoms with Crippen molar-refractivity contribution in [1.82, 2.24) is 4.72 Å². The summed E-state index contributed by atoms with van der Waals surface area (Å²) in [7, 11) is -6.77. The van der Waals surface area contributed by atoms with Gasteiger partial charge in [0.25, 0.3) is 0 Å². The molecule has 2 atom stereocenters. The van der Waals surface area contributed by atoms with E-state index in [9.17, 15) is 16.8 Å². The number of nitrogens with two attached hydrogens (primary N) is 1. The quantitative estimate of drug-likeness (QED) is 0.666. The summed E-state index contributed by atoms with van der Waals surface area (Å²) in [5, 5.41) is -0.821. The highest BCUT2D eigenvalue weighted by molar-refractivity contribution is 7.95. The predicted molar refractivity (Wildman–Crippen MR) is 71.5 cm³/mol. The zero-order valence-corrected chi connectivity index (χ0v) is 12.3. The largest absolute Gasteiger partial charge is 0.329 e. The summed E-state index contributed by atoms with van der Waals surface area (Å²) in [6, 6.07) is -0.293. The van der Waals surface area contributed by atoms with E-state index in [1.165, 1.54) is 0 Å². The minimum atomic E-state index is -3.58. The van der Waals surface area contributed by atoms with Crippen LogP contribution < -0.4 is 10.5 Å². The lowest BCUT2D eigenvalue weighted by atomic mass is 10.1. The molecule has 1 saturated heterocycles. The number of rotatable bonds is 7. The number of sulfone groups is 1. The SMILES string of the molecule is CCCCC(CN)NS(=O)(=O)C1CCS(=O)(=O)C1. The monoisotopic (exact) mass is 298 g/mol. The Hall–Kier alpha value is -0.180. The topological polar surface area (TPSA) is 106 Å². The van der Waals surface area contributed by atoms with Gasteiger partial charge >= 0.3 is 0 Å². The van der Waals surface area contributed by atoms with Gasteiger partial charge in [0.1, 0.15) is 0 Å². The average Bonchev–Trinajstić information content (AvgIpc) is 2.65. The molecule has 8 heteroatoms. The van der Waals surface area contributed by atoms with Gasteiger partial charge in [-0.15, -0.1) is 0 Å². The van der Waals surface area contributed by atoms with E-state index in [2.05, 4.69) is 4.72 Å². The first-order chi connectivity index (χ1) is 8.30. The van der Waals surface area contributed by atoms with Gasteiger partial charge in [-0.05, 0) is 12.8 Å². The van der Waals surface area contributed by atoms with Crippen LogP contribution in [0.2, 0.25) is 0 Å². The van der Waals surface area contributed by atoms with E-state index >= 15 is 0 Å². The van der Waals surface area contributed by atoms with Crippen molar-refractivity contribution in [2.45, 2.75) is 43.9 Å². The number of nitrogens with one attached hydrogen (secondary N) is 1. The molecule has 0 radical (unpaired) electrons. The zero-order valence-electron chi connectivity index (χ0n) is 10.6. The standard InChI is InChI=1S/C10H22N2O4S2/c1-2-3-4-9(7-11)12-18(15,16)10-5-6-17(13,14)8-10/h9-10,12H,2-8,11H2,1H3. The van der Waals surface area contributed by atoms with Crippen LogP contribution in [0.15, 0.2) is 0 Å². The van der Waals surface area contributed by atoms with E-state index in [-0.39, 0.29) is 30.5 Å². The molecule has 1 rings (SSSR count). The summed E-state index contributed by atoms with van der Waals surface area (Å²) in [5.74, 6) is -0.311. The summed E-state index contributed by atoms with van der Waals surface area (Å²) in [6.45, 7) is 2.25. The molecule has 2 unspecified atom stereocenters. The molecule has 0 saturated carbocycles. The molecule has 108 valence electrons. The molecule has 18 heavy (non-hydrogen) atoms. The fourth-order valence-corrected chi connectivity index (χ4v) is 6.34. The highest BCUT2D eigenvalue weighted by Gasteiger charge is 2.37. The molecule has 1 aliphatic rings. The van der Waals surface area contributed by atoms with Crippen LogP contribution in [0, 0.1) is 0 Å². The second-order valence-corrected chi connectivity index (χ2v) is 8.98. The average molecular weight is 298 g/mol. The molecule has 0 aromatic carbocycles. The summed E-state index contributed by atoms with van der Waals surface area (Å²) in [5.41, 5.74) is 5.53. The molecule has 0 aromatic heterocycles. The third-order valence-electron chi connectivity index (χ3n) is 3.15. The summed E-state index contributed by atoms with van der Waals surface area (Å²) in [4.78, 5) is 0. The van der Waals surface area contributed by atoms with Crippen LogP contribution in [0.3, 0.4) is 0 Å². The van der Waals surface area contributed by atoms with E-state index in [1.807, 2.05) is 6.92 Å². The van der Waals surface area contributed by atoms with E-state index in [0.29, 0.717) is 6.42 Å². The fourth-order valence-electron chi connectivity index (χ4n) is 2.01. The molecule has 0 amide bonds. The van der Waals surface area contributed by atoms with Crippen molar-refractivity contribution in [3.05, 3.63) is 0 Å². The minimum Gasteiger partial charge on any atom is -0.329 e. The second-order valence-electron chi connectivity index (χ2n) is 4.76. The van der Waals surface area contributed by atoms with Crippen LogP contribution in [-0.2, 0) is 19.9 Å². The first-order valence-corrected chi connectivity index (χ1v) is 9.59. The maximum absolute atomic E-state index is 12.0. The Labute approximate surface area is 109 Å². The van der Waals surface area contributed by atoms with Crippen molar-refractivity contribution in [1.29, 1.82) is 0 Å². The van der Waals surface area contributed by atoms with Gasteiger partial charge in [-0.2, -0.15) is 0 Å². The van der Waals surface area contributed by atoms with Crippen molar-refractivity contribution in [3.63, 3.8) is 0 Å². The van der Waals surface area contributed by atoms with Crippen molar-refractivity contribution in [2.75, 3.05) is 18.1 Å². The second kappa shape index (κ2) is 6.31. The number of hydrogen-bond donors (Lipinski definition) is 2. The van der Waals surface area contributed by atoms with E-state index < -0.39 is 25.1 Å². The number of hydrogen-bond acceptors (Lipinski definition) is 5. The lowest BCUT2D eigenvalue weighted by molar-refractivity contribution is 0.509. The van der Waals surface area contributed by atoms with Crippen LogP contribution >= 0.6 is 0 Å². The zero-order chi connectivity index (χ0) is 13.8. The Kier molecular flexibility index (Phi) is 5.57. The number of sulfonamides is 1. The normalized spacial score (nSPS) is 25.1. The summed E-state index contributed by atoms with van der Waals surface area (Å²) >= 11 is 0. The van der Waals surface area contributed by atoms with E-state index in [1.54, 1.807) is 0 Å². The molecule has 1 aliphatic heterocycles. The molecular weight excluding hydrogens is 276 g/mol. The molecule has 0 aromatic rings. The molecular formula is C10H22N2O4S2. The van der Waals surface area contributed by atoms with Gasteiger partial charge in [-0.25, -0.2) is 21.6 Å². The van der Waals surface area contributed by atoms with Crippen LogP contribution in [0.5, 0.6) is 0 Å². The lowest BCUT2D eigenvalue weighted by Gasteiger charge is -2.19. The minimum absolute atomic E-state index is 0.0408. The van der Waals surface area contributed by atoms with Gasteiger partial charge in [-0.1, -0.05) is 19.8 Å². The maximum atomic E-state index is 12.0. The van der Waals surface area contributed by atoms with Crippen molar-refractivity contribution in [3.8, 4) is 0 Å². The van der Waals surface area contributed by atoms with Gasteiger partial charge in [0.2, 0.25) is 10.0 Å². The molecule has 6 nitrogen and oxygen atoms in total. The maximum Gasteiger partial charge on any atom is 0.215 e. The summed E-state index contributed by atoms with van der Waals surface area (Å²) in [6.07, 6.45) is 2.73. The molecule has 1 heterocycles. The van der Waals surface area contributed by atoms with E-state index in [4.69, 9.17) is 5.73 Å². The smallest absolute Gasteiger partial charge is 0.215 e. The summed E-state index contributed by atoms with van der Waals surface area (Å²) < 4.78 is 49.2. The molecule has 0 bridgehead atoms. The highest BCUT2D eigenvalue weighted by Crippen LogP contribution is 2.18. The van der Waals surface area contributed by atoms with Crippen molar-refractivity contribution < 1.29 is 16.8 Å². The molecule has 3 N–H and O–H groups in total. The van der Waals surface area contributed by atoms with Gasteiger partial charge in [0.05, 0.1) is 16.8 Å².